The first-order chi connectivity index (χ1) is 9.37. The molecule has 2 amide bonds. The lowest BCUT2D eigenvalue weighted by Gasteiger charge is -2.28. The smallest absolute Gasteiger partial charge is 0.329 e. The molecule has 0 aromatic carbocycles. The second-order valence-electron chi connectivity index (χ2n) is 5.89. The van der Waals surface area contributed by atoms with E-state index in [0.29, 0.717) is 12.8 Å². The normalized spacial score (nSPS) is 20.1. The predicted octanol–water partition coefficient (Wildman–Crippen LogP) is 1.41. The van der Waals surface area contributed by atoms with Crippen molar-refractivity contribution >= 4 is 12.0 Å². The number of hydrogen-bond acceptors (Lipinski definition) is 3. The summed E-state index contributed by atoms with van der Waals surface area (Å²) < 4.78 is 0. The maximum atomic E-state index is 11.9. The second-order valence-corrected chi connectivity index (χ2v) is 5.89. The van der Waals surface area contributed by atoms with Crippen LogP contribution in [0.4, 0.5) is 4.79 Å². The Labute approximate surface area is 120 Å². The summed E-state index contributed by atoms with van der Waals surface area (Å²) in [6.45, 7) is 8.35. The number of nitrogens with zero attached hydrogens (tertiary/aromatic N) is 1. The molecule has 3 N–H and O–H groups in total. The minimum absolute atomic E-state index is 0.00720. The molecule has 0 saturated carbocycles. The van der Waals surface area contributed by atoms with Crippen LogP contribution in [0.15, 0.2) is 0 Å². The highest BCUT2D eigenvalue weighted by Crippen LogP contribution is 2.12. The minimum atomic E-state index is -1.20. The molecule has 0 radical (unpaired) electrons. The van der Waals surface area contributed by atoms with Gasteiger partial charge in [-0.2, -0.15) is 0 Å². The Kier molecular flexibility index (Phi) is 6.26. The number of carbonyl (C=O) groups excluding carboxylic acids is 1. The predicted molar refractivity (Wildman–Crippen MR) is 77.8 cm³/mol. The van der Waals surface area contributed by atoms with Crippen molar-refractivity contribution < 1.29 is 14.7 Å². The number of aliphatic carboxylic acids is 1. The minimum Gasteiger partial charge on any atom is -0.480 e. The number of nitrogens with one attached hydrogen (secondary N) is 2. The molecule has 1 saturated heterocycles. The molecule has 2 unspecified atom stereocenters. The molecule has 1 aliphatic heterocycles. The molecule has 0 aromatic rings. The van der Waals surface area contributed by atoms with Crippen LogP contribution in [0, 0.1) is 0 Å². The van der Waals surface area contributed by atoms with Gasteiger partial charge in [0.25, 0.3) is 0 Å². The van der Waals surface area contributed by atoms with E-state index in [1.165, 1.54) is 12.8 Å². The van der Waals surface area contributed by atoms with E-state index in [9.17, 15) is 14.7 Å². The molecule has 0 aromatic heterocycles. The van der Waals surface area contributed by atoms with Gasteiger partial charge in [-0.25, -0.2) is 9.59 Å². The Morgan fingerprint density at radius 1 is 1.35 bits per heavy atom. The second kappa shape index (κ2) is 7.47. The molecular weight excluding hydrogens is 258 g/mol. The molecule has 116 valence electrons. The Hall–Kier alpha value is -1.30. The van der Waals surface area contributed by atoms with Crippen molar-refractivity contribution in [1.29, 1.82) is 0 Å². The Morgan fingerprint density at radius 3 is 2.45 bits per heavy atom. The molecule has 0 bridgehead atoms. The van der Waals surface area contributed by atoms with Crippen LogP contribution in [0.3, 0.4) is 0 Å². The van der Waals surface area contributed by atoms with Crippen LogP contribution in [0.1, 0.15) is 46.5 Å². The highest BCUT2D eigenvalue weighted by atomic mass is 16.4. The SMILES string of the molecule is CCCC(C)(NC(=O)NC(C)CN1CCCC1)C(=O)O. The summed E-state index contributed by atoms with van der Waals surface area (Å²) in [5.74, 6) is -0.998. The van der Waals surface area contributed by atoms with Crippen molar-refractivity contribution in [3.8, 4) is 0 Å². The van der Waals surface area contributed by atoms with Crippen LogP contribution in [0.2, 0.25) is 0 Å². The first-order valence-electron chi connectivity index (χ1n) is 7.42. The van der Waals surface area contributed by atoms with Crippen molar-refractivity contribution in [2.75, 3.05) is 19.6 Å². The van der Waals surface area contributed by atoms with E-state index in [0.717, 1.165) is 19.6 Å². The summed E-state index contributed by atoms with van der Waals surface area (Å²) in [4.78, 5) is 25.5. The molecule has 1 aliphatic rings. The molecule has 0 aliphatic carbocycles. The fraction of sp³-hybridized carbons (Fsp3) is 0.857. The topological polar surface area (TPSA) is 81.7 Å². The van der Waals surface area contributed by atoms with Crippen LogP contribution in [-0.2, 0) is 4.79 Å². The lowest BCUT2D eigenvalue weighted by Crippen LogP contribution is -2.57. The zero-order valence-corrected chi connectivity index (χ0v) is 12.7. The van der Waals surface area contributed by atoms with Gasteiger partial charge in [0.1, 0.15) is 5.54 Å². The summed E-state index contributed by atoms with van der Waals surface area (Å²) in [5.41, 5.74) is -1.20. The number of hydrogen-bond donors (Lipinski definition) is 3. The third-order valence-electron chi connectivity index (χ3n) is 3.72. The molecule has 2 atom stereocenters. The molecule has 0 spiro atoms. The van der Waals surface area contributed by atoms with Crippen LogP contribution in [0.5, 0.6) is 0 Å². The largest absolute Gasteiger partial charge is 0.480 e. The zero-order valence-electron chi connectivity index (χ0n) is 12.7. The number of amides is 2. The van der Waals surface area contributed by atoms with Gasteiger partial charge in [0.05, 0.1) is 0 Å². The monoisotopic (exact) mass is 285 g/mol. The number of rotatable bonds is 7. The molecule has 20 heavy (non-hydrogen) atoms. The van der Waals surface area contributed by atoms with Crippen molar-refractivity contribution in [2.45, 2.75) is 58.0 Å². The van der Waals surface area contributed by atoms with Crippen LogP contribution in [-0.4, -0.2) is 53.2 Å². The molecule has 1 fully saturated rings. The van der Waals surface area contributed by atoms with Gasteiger partial charge in [-0.05, 0) is 46.2 Å². The summed E-state index contributed by atoms with van der Waals surface area (Å²) in [7, 11) is 0. The summed E-state index contributed by atoms with van der Waals surface area (Å²) in [6.07, 6.45) is 3.54. The van der Waals surface area contributed by atoms with Crippen LogP contribution in [0.25, 0.3) is 0 Å². The summed E-state index contributed by atoms with van der Waals surface area (Å²) in [6, 6.07) is -0.400. The van der Waals surface area contributed by atoms with Crippen molar-refractivity contribution in [3.05, 3.63) is 0 Å². The van der Waals surface area contributed by atoms with Gasteiger partial charge in [0.15, 0.2) is 0 Å². The third-order valence-corrected chi connectivity index (χ3v) is 3.72. The average Bonchev–Trinajstić information content (AvgIpc) is 2.80. The van der Waals surface area contributed by atoms with Crippen molar-refractivity contribution in [1.82, 2.24) is 15.5 Å². The lowest BCUT2D eigenvalue weighted by molar-refractivity contribution is -0.144. The zero-order chi connectivity index (χ0) is 15.2. The number of likely N-dealkylation sites (tertiary alicyclic amines) is 1. The average molecular weight is 285 g/mol. The number of carboxylic acid groups (broad SMARTS) is 1. The Bertz CT molecular complexity index is 343. The molecule has 6 nitrogen and oxygen atoms in total. The fourth-order valence-corrected chi connectivity index (χ4v) is 2.63. The lowest BCUT2D eigenvalue weighted by atomic mass is 9.97. The van der Waals surface area contributed by atoms with Gasteiger partial charge in [0.2, 0.25) is 0 Å². The van der Waals surface area contributed by atoms with Gasteiger partial charge in [-0.15, -0.1) is 0 Å². The van der Waals surface area contributed by atoms with Gasteiger partial charge in [0, 0.05) is 12.6 Å². The van der Waals surface area contributed by atoms with Gasteiger partial charge < -0.3 is 20.6 Å². The maximum absolute atomic E-state index is 11.9. The van der Waals surface area contributed by atoms with E-state index in [2.05, 4.69) is 15.5 Å². The van der Waals surface area contributed by atoms with Crippen LogP contribution >= 0.6 is 0 Å². The van der Waals surface area contributed by atoms with E-state index in [1.807, 2.05) is 13.8 Å². The quantitative estimate of drug-likeness (QED) is 0.660. The van der Waals surface area contributed by atoms with Gasteiger partial charge in [-0.1, -0.05) is 13.3 Å². The standard InChI is InChI=1S/C14H27N3O3/c1-4-7-14(3,12(18)19)16-13(20)15-11(2)10-17-8-5-6-9-17/h11H,4-10H2,1-3H3,(H,18,19)(H2,15,16,20). The number of carbonyl (C=O) groups is 2. The molecule has 1 heterocycles. The van der Waals surface area contributed by atoms with E-state index >= 15 is 0 Å². The highest BCUT2D eigenvalue weighted by molar-refractivity contribution is 5.85. The third kappa shape index (κ3) is 5.00. The Balaban J connectivity index is 2.42. The Morgan fingerprint density at radius 2 is 1.95 bits per heavy atom. The van der Waals surface area contributed by atoms with Crippen molar-refractivity contribution in [2.24, 2.45) is 0 Å². The fourth-order valence-electron chi connectivity index (χ4n) is 2.63. The van der Waals surface area contributed by atoms with Crippen molar-refractivity contribution in [3.63, 3.8) is 0 Å². The number of carboxylic acids is 1. The van der Waals surface area contributed by atoms with E-state index in [1.54, 1.807) is 6.92 Å². The highest BCUT2D eigenvalue weighted by Gasteiger charge is 2.34. The molecule has 1 rings (SSSR count). The first-order valence-corrected chi connectivity index (χ1v) is 7.42. The van der Waals surface area contributed by atoms with E-state index in [4.69, 9.17) is 0 Å². The number of urea groups is 1. The summed E-state index contributed by atoms with van der Waals surface area (Å²) >= 11 is 0. The van der Waals surface area contributed by atoms with Crippen LogP contribution < -0.4 is 10.6 Å². The first kappa shape index (κ1) is 16.8. The molecule has 6 heteroatoms. The molecular formula is C14H27N3O3. The van der Waals surface area contributed by atoms with Gasteiger partial charge in [-0.3, -0.25) is 0 Å². The van der Waals surface area contributed by atoms with E-state index < -0.39 is 17.5 Å². The maximum Gasteiger partial charge on any atom is 0.329 e. The van der Waals surface area contributed by atoms with Gasteiger partial charge >= 0.3 is 12.0 Å². The van der Waals surface area contributed by atoms with E-state index in [-0.39, 0.29) is 6.04 Å². The summed E-state index contributed by atoms with van der Waals surface area (Å²) in [5, 5.41) is 14.6.